The first kappa shape index (κ1) is 6.19. The highest BCUT2D eigenvalue weighted by Gasteiger charge is 2.13. The van der Waals surface area contributed by atoms with Crippen molar-refractivity contribution >= 4 is 0 Å². The minimum atomic E-state index is -0.0451. The van der Waals surface area contributed by atoms with Crippen LogP contribution >= 0.6 is 0 Å². The van der Waals surface area contributed by atoms with E-state index in [0.29, 0.717) is 0 Å². The van der Waals surface area contributed by atoms with Gasteiger partial charge in [-0.05, 0) is 26.0 Å². The Labute approximate surface area is 53.9 Å². The lowest BCUT2D eigenvalue weighted by molar-refractivity contribution is 0.306. The third-order valence-electron chi connectivity index (χ3n) is 0.949. The smallest absolute Gasteiger partial charge is 0.159 e. The van der Waals surface area contributed by atoms with Crippen LogP contribution in [0.4, 0.5) is 0 Å². The Kier molecular flexibility index (Phi) is 1.23. The summed E-state index contributed by atoms with van der Waals surface area (Å²) in [6, 6.07) is 0. The molecular weight excluding hydrogens is 116 g/mol. The number of tetrazole rings is 1. The zero-order chi connectivity index (χ0) is 6.91. The number of aromatic nitrogens is 4. The fraction of sp³-hybridized carbons (Fsp3) is 0.800. The summed E-state index contributed by atoms with van der Waals surface area (Å²) in [5.41, 5.74) is -0.0451. The summed E-state index contributed by atoms with van der Waals surface area (Å²) in [5, 5.41) is 11.2. The highest BCUT2D eigenvalue weighted by atomic mass is 15.6. The molecule has 1 aromatic heterocycles. The van der Waals surface area contributed by atoms with Gasteiger partial charge in [0.25, 0.3) is 0 Å². The molecule has 0 unspecified atom stereocenters. The standard InChI is InChI=1S/C5H10N4/c1-5(2,3)9-7-4-6-8-9/h4H,1-3H3. The fourth-order valence-electron chi connectivity index (χ4n) is 0.474. The second kappa shape index (κ2) is 1.79. The lowest BCUT2D eigenvalue weighted by Gasteiger charge is -2.14. The quantitative estimate of drug-likeness (QED) is 0.506. The summed E-state index contributed by atoms with van der Waals surface area (Å²) < 4.78 is 0. The average Bonchev–Trinajstić information content (AvgIpc) is 2.08. The Morgan fingerprint density at radius 2 is 2.00 bits per heavy atom. The van der Waals surface area contributed by atoms with Crippen LogP contribution in [0.15, 0.2) is 6.33 Å². The van der Waals surface area contributed by atoms with E-state index in [9.17, 15) is 0 Å². The van der Waals surface area contributed by atoms with E-state index >= 15 is 0 Å². The molecule has 0 saturated carbocycles. The molecule has 9 heavy (non-hydrogen) atoms. The van der Waals surface area contributed by atoms with Crippen molar-refractivity contribution in [2.24, 2.45) is 0 Å². The molecule has 1 rings (SSSR count). The topological polar surface area (TPSA) is 43.6 Å². The molecule has 0 aliphatic carbocycles. The normalized spacial score (nSPS) is 11.9. The van der Waals surface area contributed by atoms with Gasteiger partial charge in [-0.1, -0.05) is 0 Å². The maximum atomic E-state index is 3.88. The van der Waals surface area contributed by atoms with Crippen LogP contribution < -0.4 is 0 Å². The van der Waals surface area contributed by atoms with E-state index < -0.39 is 0 Å². The minimum absolute atomic E-state index is 0.0451. The second-order valence-corrected chi connectivity index (χ2v) is 2.90. The molecule has 1 heterocycles. The average molecular weight is 126 g/mol. The van der Waals surface area contributed by atoms with Crippen molar-refractivity contribution < 1.29 is 0 Å². The molecule has 50 valence electrons. The van der Waals surface area contributed by atoms with Crippen molar-refractivity contribution in [1.82, 2.24) is 20.2 Å². The van der Waals surface area contributed by atoms with Gasteiger partial charge in [-0.15, -0.1) is 10.2 Å². The van der Waals surface area contributed by atoms with Crippen molar-refractivity contribution in [2.75, 3.05) is 0 Å². The molecule has 0 radical (unpaired) electrons. The van der Waals surface area contributed by atoms with Crippen LogP contribution in [0.5, 0.6) is 0 Å². The first-order valence-electron chi connectivity index (χ1n) is 2.84. The van der Waals surface area contributed by atoms with Crippen LogP contribution in [0.3, 0.4) is 0 Å². The molecule has 4 heteroatoms. The lowest BCUT2D eigenvalue weighted by Crippen LogP contribution is -2.24. The maximum absolute atomic E-state index is 3.88. The van der Waals surface area contributed by atoms with Gasteiger partial charge in [0, 0.05) is 0 Å². The third kappa shape index (κ3) is 1.25. The number of nitrogens with zero attached hydrogens (tertiary/aromatic N) is 4. The van der Waals surface area contributed by atoms with Gasteiger partial charge in [0.2, 0.25) is 0 Å². The molecule has 0 saturated heterocycles. The number of hydrogen-bond acceptors (Lipinski definition) is 3. The van der Waals surface area contributed by atoms with Crippen LogP contribution in [0, 0.1) is 0 Å². The highest BCUT2D eigenvalue weighted by molar-refractivity contribution is 4.62. The largest absolute Gasteiger partial charge is 0.162 e. The Hall–Kier alpha value is -0.930. The van der Waals surface area contributed by atoms with E-state index in [2.05, 4.69) is 15.4 Å². The monoisotopic (exact) mass is 126 g/mol. The Morgan fingerprint density at radius 1 is 1.33 bits per heavy atom. The molecule has 0 N–H and O–H groups in total. The van der Waals surface area contributed by atoms with Gasteiger partial charge in [-0.25, -0.2) is 0 Å². The zero-order valence-corrected chi connectivity index (χ0v) is 5.87. The van der Waals surface area contributed by atoms with Crippen molar-refractivity contribution in [2.45, 2.75) is 26.3 Å². The highest BCUT2D eigenvalue weighted by Crippen LogP contribution is 2.07. The zero-order valence-electron chi connectivity index (χ0n) is 5.87. The van der Waals surface area contributed by atoms with E-state index in [1.54, 1.807) is 4.80 Å². The molecule has 0 aliphatic heterocycles. The van der Waals surface area contributed by atoms with Gasteiger partial charge in [-0.2, -0.15) is 4.80 Å². The molecule has 0 atom stereocenters. The maximum Gasteiger partial charge on any atom is 0.162 e. The summed E-state index contributed by atoms with van der Waals surface area (Å²) in [5.74, 6) is 0. The molecule has 0 spiro atoms. The van der Waals surface area contributed by atoms with E-state index in [-0.39, 0.29) is 5.54 Å². The fourth-order valence-corrected chi connectivity index (χ4v) is 0.474. The Morgan fingerprint density at radius 3 is 2.22 bits per heavy atom. The van der Waals surface area contributed by atoms with E-state index in [1.807, 2.05) is 20.8 Å². The second-order valence-electron chi connectivity index (χ2n) is 2.90. The molecule has 0 bridgehead atoms. The van der Waals surface area contributed by atoms with Crippen LogP contribution in [0.2, 0.25) is 0 Å². The summed E-state index contributed by atoms with van der Waals surface area (Å²) in [6.07, 6.45) is 1.44. The van der Waals surface area contributed by atoms with E-state index in [1.165, 1.54) is 6.33 Å². The van der Waals surface area contributed by atoms with Crippen molar-refractivity contribution in [1.29, 1.82) is 0 Å². The van der Waals surface area contributed by atoms with Crippen LogP contribution in [0.25, 0.3) is 0 Å². The van der Waals surface area contributed by atoms with Crippen LogP contribution in [0.1, 0.15) is 20.8 Å². The van der Waals surface area contributed by atoms with Crippen molar-refractivity contribution in [3.05, 3.63) is 6.33 Å². The lowest BCUT2D eigenvalue weighted by atomic mass is 10.1. The van der Waals surface area contributed by atoms with Gasteiger partial charge in [0.05, 0.1) is 5.54 Å². The summed E-state index contributed by atoms with van der Waals surface area (Å²) >= 11 is 0. The molecule has 0 aliphatic rings. The molecular formula is C5H10N4. The molecule has 1 aromatic rings. The Balaban J connectivity index is 2.90. The summed E-state index contributed by atoms with van der Waals surface area (Å²) in [4.78, 5) is 1.58. The molecule has 0 amide bonds. The van der Waals surface area contributed by atoms with E-state index in [0.717, 1.165) is 0 Å². The van der Waals surface area contributed by atoms with E-state index in [4.69, 9.17) is 0 Å². The van der Waals surface area contributed by atoms with Crippen LogP contribution in [-0.4, -0.2) is 20.2 Å². The SMILES string of the molecule is CC(C)(C)n1ncnn1. The minimum Gasteiger partial charge on any atom is -0.159 e. The number of rotatable bonds is 0. The first-order valence-corrected chi connectivity index (χ1v) is 2.84. The molecule has 4 nitrogen and oxygen atoms in total. The Bertz CT molecular complexity index is 171. The summed E-state index contributed by atoms with van der Waals surface area (Å²) in [7, 11) is 0. The van der Waals surface area contributed by atoms with Crippen molar-refractivity contribution in [3.63, 3.8) is 0 Å². The predicted octanol–water partition coefficient (Wildman–Crippen LogP) is 0.428. The van der Waals surface area contributed by atoms with Gasteiger partial charge in [0.1, 0.15) is 0 Å². The predicted molar refractivity (Wildman–Crippen MR) is 32.8 cm³/mol. The molecule has 0 fully saturated rings. The van der Waals surface area contributed by atoms with Gasteiger partial charge < -0.3 is 0 Å². The number of hydrogen-bond donors (Lipinski definition) is 0. The van der Waals surface area contributed by atoms with Gasteiger partial charge in [-0.3, -0.25) is 0 Å². The van der Waals surface area contributed by atoms with Gasteiger partial charge in [0.15, 0.2) is 6.33 Å². The van der Waals surface area contributed by atoms with Gasteiger partial charge >= 0.3 is 0 Å². The molecule has 0 aromatic carbocycles. The van der Waals surface area contributed by atoms with Crippen molar-refractivity contribution in [3.8, 4) is 0 Å². The van der Waals surface area contributed by atoms with Crippen LogP contribution in [-0.2, 0) is 5.54 Å². The first-order chi connectivity index (χ1) is 4.11. The third-order valence-corrected chi connectivity index (χ3v) is 0.949. The summed E-state index contributed by atoms with van der Waals surface area (Å²) in [6.45, 7) is 6.07.